The van der Waals surface area contributed by atoms with Gasteiger partial charge in [0.2, 0.25) is 0 Å². The summed E-state index contributed by atoms with van der Waals surface area (Å²) < 4.78 is 0. The first-order valence-electron chi connectivity index (χ1n) is 6.69. The van der Waals surface area contributed by atoms with Crippen LogP contribution in [0.4, 0.5) is 0 Å². The van der Waals surface area contributed by atoms with Crippen LogP contribution in [-0.4, -0.2) is 5.78 Å². The Labute approximate surface area is 119 Å². The maximum atomic E-state index is 12.1. The lowest BCUT2D eigenvalue weighted by Crippen LogP contribution is -2.02. The molecule has 0 saturated heterocycles. The van der Waals surface area contributed by atoms with Crippen LogP contribution in [0.1, 0.15) is 39.0 Å². The Balaban J connectivity index is 2.03. The van der Waals surface area contributed by atoms with Gasteiger partial charge in [-0.3, -0.25) is 4.79 Å². The lowest BCUT2D eigenvalue weighted by Gasteiger charge is -2.06. The van der Waals surface area contributed by atoms with Crippen molar-refractivity contribution in [2.45, 2.75) is 26.7 Å². The summed E-state index contributed by atoms with van der Waals surface area (Å²) in [4.78, 5) is 12.1. The number of rotatable bonds is 4. The number of aryl methyl sites for hydroxylation is 3. The maximum absolute atomic E-state index is 12.1. The molecule has 0 spiro atoms. The summed E-state index contributed by atoms with van der Waals surface area (Å²) in [7, 11) is 0. The fourth-order valence-electron chi connectivity index (χ4n) is 2.25. The zero-order chi connectivity index (χ0) is 14.5. The Morgan fingerprint density at radius 3 is 2.40 bits per heavy atom. The van der Waals surface area contributed by atoms with Gasteiger partial charge in [0.05, 0.1) is 11.6 Å². The third kappa shape index (κ3) is 3.33. The predicted octanol–water partition coefficient (Wildman–Crippen LogP) is 3.99. The van der Waals surface area contributed by atoms with Gasteiger partial charge in [-0.1, -0.05) is 35.9 Å². The first kappa shape index (κ1) is 14.0. The molecule has 0 aliphatic carbocycles. The summed E-state index contributed by atoms with van der Waals surface area (Å²) in [6.45, 7) is 4.15. The minimum absolute atomic E-state index is 0.120. The Kier molecular flexibility index (Phi) is 4.32. The van der Waals surface area contributed by atoms with Crippen molar-refractivity contribution in [2.24, 2.45) is 0 Å². The molecule has 0 radical (unpaired) electrons. The summed E-state index contributed by atoms with van der Waals surface area (Å²) in [5.74, 6) is 0.120. The van der Waals surface area contributed by atoms with Crippen molar-refractivity contribution in [1.82, 2.24) is 0 Å². The van der Waals surface area contributed by atoms with Gasteiger partial charge in [-0.2, -0.15) is 5.26 Å². The zero-order valence-electron chi connectivity index (χ0n) is 11.8. The van der Waals surface area contributed by atoms with E-state index in [1.54, 1.807) is 24.3 Å². The molecule has 0 aromatic heterocycles. The maximum Gasteiger partial charge on any atom is 0.163 e. The second-order valence-corrected chi connectivity index (χ2v) is 5.04. The number of Topliss-reactive ketones (excluding diaryl/α,β-unsaturated/α-hetero) is 1. The van der Waals surface area contributed by atoms with E-state index in [1.807, 2.05) is 0 Å². The minimum Gasteiger partial charge on any atom is -0.294 e. The van der Waals surface area contributed by atoms with Gasteiger partial charge < -0.3 is 0 Å². The number of ketones is 1. The number of carbonyl (C=O) groups excluding carboxylic acids is 1. The molecule has 2 rings (SSSR count). The highest BCUT2D eigenvalue weighted by molar-refractivity contribution is 5.96. The third-order valence-electron chi connectivity index (χ3n) is 3.46. The number of benzene rings is 2. The number of hydrogen-bond acceptors (Lipinski definition) is 2. The van der Waals surface area contributed by atoms with E-state index in [2.05, 4.69) is 38.1 Å². The molecule has 0 fully saturated rings. The highest BCUT2D eigenvalue weighted by Gasteiger charge is 2.07. The second kappa shape index (κ2) is 6.16. The molecule has 0 heterocycles. The lowest BCUT2D eigenvalue weighted by atomic mass is 9.98. The molecule has 2 nitrogen and oxygen atoms in total. The van der Waals surface area contributed by atoms with Gasteiger partial charge in [-0.25, -0.2) is 0 Å². The topological polar surface area (TPSA) is 40.9 Å². The third-order valence-corrected chi connectivity index (χ3v) is 3.46. The molecule has 0 saturated carbocycles. The Bertz CT molecular complexity index is 663. The Morgan fingerprint density at radius 2 is 1.80 bits per heavy atom. The molecular weight excluding hydrogens is 246 g/mol. The average molecular weight is 263 g/mol. The summed E-state index contributed by atoms with van der Waals surface area (Å²) >= 11 is 0. The number of hydrogen-bond donors (Lipinski definition) is 0. The van der Waals surface area contributed by atoms with Crippen molar-refractivity contribution in [3.05, 3.63) is 70.3 Å². The molecular formula is C18H17NO. The first-order chi connectivity index (χ1) is 9.60. The van der Waals surface area contributed by atoms with Crippen LogP contribution in [0.5, 0.6) is 0 Å². The molecule has 100 valence electrons. The smallest absolute Gasteiger partial charge is 0.163 e. The van der Waals surface area contributed by atoms with Gasteiger partial charge in [0, 0.05) is 12.0 Å². The fraction of sp³-hybridized carbons (Fsp3) is 0.222. The molecule has 0 N–H and O–H groups in total. The van der Waals surface area contributed by atoms with Gasteiger partial charge in [0.25, 0.3) is 0 Å². The zero-order valence-corrected chi connectivity index (χ0v) is 11.8. The molecule has 0 amide bonds. The first-order valence-corrected chi connectivity index (χ1v) is 6.69. The van der Waals surface area contributed by atoms with Crippen LogP contribution in [0.15, 0.2) is 42.5 Å². The Hall–Kier alpha value is -2.40. The number of nitrogens with zero attached hydrogens (tertiary/aromatic N) is 1. The highest BCUT2D eigenvalue weighted by Crippen LogP contribution is 2.14. The molecule has 2 heteroatoms. The van der Waals surface area contributed by atoms with Crippen molar-refractivity contribution >= 4 is 5.78 Å². The Morgan fingerprint density at radius 1 is 1.10 bits per heavy atom. The van der Waals surface area contributed by atoms with Crippen LogP contribution in [0.25, 0.3) is 0 Å². The van der Waals surface area contributed by atoms with Crippen molar-refractivity contribution in [2.75, 3.05) is 0 Å². The number of carbonyl (C=O) groups is 1. The highest BCUT2D eigenvalue weighted by atomic mass is 16.1. The van der Waals surface area contributed by atoms with Crippen molar-refractivity contribution in [3.63, 3.8) is 0 Å². The van der Waals surface area contributed by atoms with Crippen LogP contribution in [0.2, 0.25) is 0 Å². The lowest BCUT2D eigenvalue weighted by molar-refractivity contribution is 0.0983. The van der Waals surface area contributed by atoms with Gasteiger partial charge in [-0.15, -0.1) is 0 Å². The molecule has 2 aromatic rings. The largest absolute Gasteiger partial charge is 0.294 e. The summed E-state index contributed by atoms with van der Waals surface area (Å²) in [5.41, 5.74) is 4.95. The van der Waals surface area contributed by atoms with E-state index in [4.69, 9.17) is 5.26 Å². The average Bonchev–Trinajstić information content (AvgIpc) is 2.46. The summed E-state index contributed by atoms with van der Waals surface area (Å²) in [6, 6.07) is 15.2. The SMILES string of the molecule is Cc1ccc(CCC(=O)c2ccc(C#N)cc2)c(C)c1. The molecule has 0 unspecified atom stereocenters. The molecule has 0 aliphatic heterocycles. The van der Waals surface area contributed by atoms with Crippen molar-refractivity contribution < 1.29 is 4.79 Å². The van der Waals surface area contributed by atoms with Gasteiger partial charge >= 0.3 is 0 Å². The predicted molar refractivity (Wildman–Crippen MR) is 79.7 cm³/mol. The quantitative estimate of drug-likeness (QED) is 0.782. The molecule has 2 aromatic carbocycles. The normalized spacial score (nSPS) is 10.1. The van der Waals surface area contributed by atoms with E-state index in [9.17, 15) is 4.79 Å². The van der Waals surface area contributed by atoms with Crippen molar-refractivity contribution in [3.8, 4) is 6.07 Å². The summed E-state index contributed by atoms with van der Waals surface area (Å²) in [5, 5.41) is 8.74. The van der Waals surface area contributed by atoms with E-state index in [0.717, 1.165) is 6.42 Å². The van der Waals surface area contributed by atoms with Crippen LogP contribution in [0.3, 0.4) is 0 Å². The van der Waals surface area contributed by atoms with Gasteiger partial charge in [-0.05, 0) is 43.5 Å². The van der Waals surface area contributed by atoms with Crippen molar-refractivity contribution in [1.29, 1.82) is 5.26 Å². The van der Waals surface area contributed by atoms with Gasteiger partial charge in [0.15, 0.2) is 5.78 Å². The van der Waals surface area contributed by atoms with Crippen LogP contribution >= 0.6 is 0 Å². The van der Waals surface area contributed by atoms with E-state index in [0.29, 0.717) is 17.5 Å². The fourth-order valence-corrected chi connectivity index (χ4v) is 2.25. The van der Waals surface area contributed by atoms with E-state index < -0.39 is 0 Å². The molecule has 0 bridgehead atoms. The van der Waals surface area contributed by atoms with Crippen LogP contribution in [0, 0.1) is 25.2 Å². The molecule has 0 atom stereocenters. The molecule has 0 aliphatic rings. The molecule has 20 heavy (non-hydrogen) atoms. The van der Waals surface area contributed by atoms with E-state index in [-0.39, 0.29) is 5.78 Å². The second-order valence-electron chi connectivity index (χ2n) is 5.04. The summed E-state index contributed by atoms with van der Waals surface area (Å²) in [6.07, 6.45) is 1.25. The van der Waals surface area contributed by atoms with Crippen LogP contribution in [-0.2, 0) is 6.42 Å². The monoisotopic (exact) mass is 263 g/mol. The minimum atomic E-state index is 0.120. The van der Waals surface area contributed by atoms with E-state index in [1.165, 1.54) is 16.7 Å². The van der Waals surface area contributed by atoms with Gasteiger partial charge in [0.1, 0.15) is 0 Å². The van der Waals surface area contributed by atoms with Crippen LogP contribution < -0.4 is 0 Å². The standard InChI is InChI=1S/C18H17NO/c1-13-3-6-16(14(2)11-13)9-10-18(20)17-7-4-15(12-19)5-8-17/h3-8,11H,9-10H2,1-2H3. The number of nitriles is 1. The van der Waals surface area contributed by atoms with E-state index >= 15 is 0 Å².